The molecular weight excluding hydrogens is 196 g/mol. The van der Waals surface area contributed by atoms with Crippen molar-refractivity contribution in [1.82, 2.24) is 0 Å². The molecule has 0 bridgehead atoms. The molecule has 0 fully saturated rings. The average Bonchev–Trinajstić information content (AvgIpc) is 2.17. The Hall–Kier alpha value is -0.560. The van der Waals surface area contributed by atoms with Crippen molar-refractivity contribution in [3.05, 3.63) is 23.8 Å². The lowest BCUT2D eigenvalue weighted by Crippen LogP contribution is -2.44. The molecule has 0 heterocycles. The van der Waals surface area contributed by atoms with E-state index >= 15 is 0 Å². The molecule has 2 atom stereocenters. The van der Waals surface area contributed by atoms with Crippen LogP contribution < -0.4 is 0 Å². The molecule has 0 radical (unpaired) electrons. The first-order valence-electron chi connectivity index (χ1n) is 6.42. The first kappa shape index (κ1) is 13.5. The summed E-state index contributed by atoms with van der Waals surface area (Å²) < 4.78 is 0. The van der Waals surface area contributed by atoms with Crippen LogP contribution in [-0.4, -0.2) is 10.7 Å². The molecule has 0 saturated carbocycles. The Morgan fingerprint density at radius 1 is 1.12 bits per heavy atom. The van der Waals surface area contributed by atoms with E-state index in [9.17, 15) is 5.11 Å². The van der Waals surface area contributed by atoms with Crippen molar-refractivity contribution in [2.75, 3.05) is 0 Å². The summed E-state index contributed by atoms with van der Waals surface area (Å²) in [5.74, 6) is 1.48. The summed E-state index contributed by atoms with van der Waals surface area (Å²) in [5, 5.41) is 10.7. The minimum atomic E-state index is -0.674. The lowest BCUT2D eigenvalue weighted by atomic mass is 9.69. The van der Waals surface area contributed by atoms with Gasteiger partial charge in [0.2, 0.25) is 0 Å². The van der Waals surface area contributed by atoms with Gasteiger partial charge in [-0.3, -0.25) is 0 Å². The van der Waals surface area contributed by atoms with E-state index in [0.717, 1.165) is 0 Å². The molecule has 0 saturated heterocycles. The van der Waals surface area contributed by atoms with Crippen molar-refractivity contribution >= 4 is 0 Å². The van der Waals surface area contributed by atoms with Crippen molar-refractivity contribution in [2.24, 2.45) is 23.7 Å². The van der Waals surface area contributed by atoms with Gasteiger partial charge < -0.3 is 5.11 Å². The molecule has 0 amide bonds. The third kappa shape index (κ3) is 2.40. The highest BCUT2D eigenvalue weighted by atomic mass is 16.3. The lowest BCUT2D eigenvalue weighted by Gasteiger charge is -2.41. The van der Waals surface area contributed by atoms with Crippen LogP contribution in [0.1, 0.15) is 41.5 Å². The predicted molar refractivity (Wildman–Crippen MR) is 70.2 cm³/mol. The van der Waals surface area contributed by atoms with Crippen LogP contribution in [0.2, 0.25) is 0 Å². The normalized spacial score (nSPS) is 30.4. The van der Waals surface area contributed by atoms with Crippen LogP contribution in [0.25, 0.3) is 0 Å². The second-order valence-electron chi connectivity index (χ2n) is 5.97. The SMILES string of the molecule is CC(C)C1=CC(C(C)C)C(O)(C(C)C)C=C1. The van der Waals surface area contributed by atoms with Crippen LogP contribution in [0.3, 0.4) is 0 Å². The van der Waals surface area contributed by atoms with E-state index in [1.807, 2.05) is 6.08 Å². The topological polar surface area (TPSA) is 20.2 Å². The van der Waals surface area contributed by atoms with Crippen LogP contribution in [0, 0.1) is 23.7 Å². The second-order valence-corrected chi connectivity index (χ2v) is 5.97. The van der Waals surface area contributed by atoms with Crippen molar-refractivity contribution in [3.8, 4) is 0 Å². The maximum Gasteiger partial charge on any atom is 0.0918 e. The summed E-state index contributed by atoms with van der Waals surface area (Å²) >= 11 is 0. The number of allylic oxidation sites excluding steroid dienone is 2. The third-order valence-electron chi connectivity index (χ3n) is 3.76. The summed E-state index contributed by atoms with van der Waals surface area (Å²) in [7, 11) is 0. The van der Waals surface area contributed by atoms with Gasteiger partial charge in [-0.05, 0) is 23.3 Å². The smallest absolute Gasteiger partial charge is 0.0918 e. The molecule has 1 aliphatic rings. The van der Waals surface area contributed by atoms with Crippen LogP contribution in [0.15, 0.2) is 23.8 Å². The first-order chi connectivity index (χ1) is 7.29. The zero-order chi connectivity index (χ0) is 12.5. The predicted octanol–water partition coefficient (Wildman–Crippen LogP) is 3.80. The van der Waals surface area contributed by atoms with Crippen molar-refractivity contribution in [1.29, 1.82) is 0 Å². The summed E-state index contributed by atoms with van der Waals surface area (Å²) in [6, 6.07) is 0. The van der Waals surface area contributed by atoms with Gasteiger partial charge in [0.25, 0.3) is 0 Å². The molecule has 0 aromatic carbocycles. The Labute approximate surface area is 100 Å². The van der Waals surface area contributed by atoms with Gasteiger partial charge in [-0.15, -0.1) is 0 Å². The average molecular weight is 222 g/mol. The van der Waals surface area contributed by atoms with Crippen molar-refractivity contribution in [2.45, 2.75) is 47.1 Å². The molecule has 0 spiro atoms. The number of rotatable bonds is 3. The number of hydrogen-bond donors (Lipinski definition) is 1. The van der Waals surface area contributed by atoms with Gasteiger partial charge >= 0.3 is 0 Å². The largest absolute Gasteiger partial charge is 0.385 e. The fourth-order valence-corrected chi connectivity index (χ4v) is 2.43. The number of hydrogen-bond acceptors (Lipinski definition) is 1. The molecule has 1 N–H and O–H groups in total. The standard InChI is InChI=1S/C15H26O/c1-10(2)13-7-8-15(16,12(5)6)14(9-13)11(3)4/h7-12,14,16H,1-6H3. The van der Waals surface area contributed by atoms with Gasteiger partial charge in [-0.1, -0.05) is 59.8 Å². The van der Waals surface area contributed by atoms with E-state index in [1.54, 1.807) is 0 Å². The third-order valence-corrected chi connectivity index (χ3v) is 3.76. The second kappa shape index (κ2) is 4.75. The highest BCUT2D eigenvalue weighted by Crippen LogP contribution is 2.39. The maximum absolute atomic E-state index is 10.7. The Balaban J connectivity index is 3.07. The molecule has 1 aliphatic carbocycles. The minimum absolute atomic E-state index is 0.231. The van der Waals surface area contributed by atoms with Gasteiger partial charge in [0.15, 0.2) is 0 Å². The van der Waals surface area contributed by atoms with E-state index < -0.39 is 5.60 Å². The molecule has 16 heavy (non-hydrogen) atoms. The van der Waals surface area contributed by atoms with E-state index in [2.05, 4.69) is 53.7 Å². The molecule has 1 heteroatoms. The molecule has 0 aromatic rings. The fraction of sp³-hybridized carbons (Fsp3) is 0.733. The van der Waals surface area contributed by atoms with E-state index in [1.165, 1.54) is 5.57 Å². The minimum Gasteiger partial charge on any atom is -0.385 e. The Kier molecular flexibility index (Phi) is 4.01. The summed E-state index contributed by atoms with van der Waals surface area (Å²) in [6.07, 6.45) is 6.39. The monoisotopic (exact) mass is 222 g/mol. The van der Waals surface area contributed by atoms with Gasteiger partial charge in [0.05, 0.1) is 5.60 Å². The summed E-state index contributed by atoms with van der Waals surface area (Å²) in [6.45, 7) is 13.0. The molecule has 92 valence electrons. The molecule has 0 aromatic heterocycles. The zero-order valence-corrected chi connectivity index (χ0v) is 11.5. The highest BCUT2D eigenvalue weighted by Gasteiger charge is 2.39. The Morgan fingerprint density at radius 3 is 2.06 bits per heavy atom. The van der Waals surface area contributed by atoms with Crippen molar-refractivity contribution in [3.63, 3.8) is 0 Å². The van der Waals surface area contributed by atoms with E-state index in [4.69, 9.17) is 0 Å². The van der Waals surface area contributed by atoms with Gasteiger partial charge in [-0.25, -0.2) is 0 Å². The summed E-state index contributed by atoms with van der Waals surface area (Å²) in [4.78, 5) is 0. The molecule has 2 unspecified atom stereocenters. The maximum atomic E-state index is 10.7. The molecule has 0 aliphatic heterocycles. The van der Waals surface area contributed by atoms with Crippen molar-refractivity contribution < 1.29 is 5.11 Å². The fourth-order valence-electron chi connectivity index (χ4n) is 2.43. The van der Waals surface area contributed by atoms with Crippen LogP contribution in [-0.2, 0) is 0 Å². The molecule has 1 rings (SSSR count). The van der Waals surface area contributed by atoms with E-state index in [-0.39, 0.29) is 11.8 Å². The molecule has 1 nitrogen and oxygen atoms in total. The van der Waals surface area contributed by atoms with Gasteiger partial charge in [0.1, 0.15) is 0 Å². The van der Waals surface area contributed by atoms with Crippen LogP contribution in [0.5, 0.6) is 0 Å². The quantitative estimate of drug-likeness (QED) is 0.770. The first-order valence-corrected chi connectivity index (χ1v) is 6.42. The van der Waals surface area contributed by atoms with Crippen LogP contribution in [0.4, 0.5) is 0 Å². The zero-order valence-electron chi connectivity index (χ0n) is 11.5. The van der Waals surface area contributed by atoms with Gasteiger partial charge in [0, 0.05) is 5.92 Å². The molecular formula is C15H26O. The highest BCUT2D eigenvalue weighted by molar-refractivity contribution is 5.32. The van der Waals surface area contributed by atoms with Gasteiger partial charge in [-0.2, -0.15) is 0 Å². The number of aliphatic hydroxyl groups is 1. The van der Waals surface area contributed by atoms with E-state index in [0.29, 0.717) is 11.8 Å². The Morgan fingerprint density at radius 2 is 1.69 bits per heavy atom. The van der Waals surface area contributed by atoms with Crippen LogP contribution >= 0.6 is 0 Å². The summed E-state index contributed by atoms with van der Waals surface area (Å²) in [5.41, 5.74) is 0.677. The lowest BCUT2D eigenvalue weighted by molar-refractivity contribution is -0.0142. The Bertz CT molecular complexity index is 297.